The molecule has 0 N–H and O–H groups in total. The number of hydrazine groups is 2. The van der Waals surface area contributed by atoms with E-state index in [-0.39, 0.29) is 35.3 Å². The number of amides is 4. The molecule has 0 radical (unpaired) electrons. The molecule has 4 amide bonds. The second-order valence-electron chi connectivity index (χ2n) is 11.2. The van der Waals surface area contributed by atoms with Gasteiger partial charge >= 0.3 is 0 Å². The number of nitrogens with zero attached hydrogens (tertiary/aromatic N) is 6. The number of aliphatic imine (C=N–C) groups is 2. The predicted molar refractivity (Wildman–Crippen MR) is 178 cm³/mol. The van der Waals surface area contributed by atoms with Crippen molar-refractivity contribution in [2.24, 2.45) is 9.98 Å². The summed E-state index contributed by atoms with van der Waals surface area (Å²) in [5, 5.41) is 6.56. The van der Waals surface area contributed by atoms with Crippen LogP contribution in [0.15, 0.2) is 119 Å². The topological polar surface area (TPSA) is 106 Å². The lowest BCUT2D eigenvalue weighted by molar-refractivity contribution is -0.114. The van der Waals surface area contributed by atoms with E-state index in [0.29, 0.717) is 22.5 Å². The number of carbonyl (C=O) groups excluding carboxylic acids is 4. The number of hydrogen-bond acceptors (Lipinski definition) is 6. The summed E-state index contributed by atoms with van der Waals surface area (Å²) in [6.07, 6.45) is 0. The van der Waals surface area contributed by atoms with E-state index in [1.165, 1.54) is 10.0 Å². The Labute approximate surface area is 266 Å². The Balaban J connectivity index is 1.15. The van der Waals surface area contributed by atoms with Crippen molar-refractivity contribution >= 4 is 46.4 Å². The first-order valence-corrected chi connectivity index (χ1v) is 14.9. The Kier molecular flexibility index (Phi) is 8.23. The maximum absolute atomic E-state index is 13.2. The van der Waals surface area contributed by atoms with Crippen molar-refractivity contribution in [2.45, 2.75) is 25.9 Å². The van der Waals surface area contributed by atoms with Crippen LogP contribution in [0.2, 0.25) is 0 Å². The Bertz CT molecular complexity index is 1730. The molecular formula is C36H32N6O4. The van der Waals surface area contributed by atoms with Gasteiger partial charge < -0.3 is 0 Å². The van der Waals surface area contributed by atoms with Crippen LogP contribution in [0, 0.1) is 0 Å². The maximum Gasteiger partial charge on any atom is 0.289 e. The van der Waals surface area contributed by atoms with E-state index in [0.717, 1.165) is 11.1 Å². The van der Waals surface area contributed by atoms with Crippen LogP contribution in [0.5, 0.6) is 0 Å². The third-order valence-corrected chi connectivity index (χ3v) is 8.41. The lowest BCUT2D eigenvalue weighted by Crippen LogP contribution is -2.38. The average molecular weight is 613 g/mol. The van der Waals surface area contributed by atoms with Crippen molar-refractivity contribution in [2.75, 3.05) is 24.1 Å². The minimum Gasteiger partial charge on any atom is -0.267 e. The van der Waals surface area contributed by atoms with Crippen LogP contribution in [0.1, 0.15) is 34.6 Å². The monoisotopic (exact) mass is 612 g/mol. The summed E-state index contributed by atoms with van der Waals surface area (Å²) in [4.78, 5) is 60.9. The van der Waals surface area contributed by atoms with Crippen LogP contribution in [-0.2, 0) is 9.59 Å². The Morgan fingerprint density at radius 1 is 0.522 bits per heavy atom. The zero-order valence-electron chi connectivity index (χ0n) is 25.9. The molecular weight excluding hydrogens is 580 g/mol. The standard InChI is InChI=1S/C36H32N6O4/c1-23-31(35(45)41(39(23)3)29-11-7-5-8-12-29)37-33(43)27-19-15-25(16-20-27)26-17-21-28(22-18-26)34(44)38-32-24(2)40(4)42(36(32)46)30-13-9-6-10-14-30/h5-24H,1-4H3. The third kappa shape index (κ3) is 5.55. The van der Waals surface area contributed by atoms with Crippen molar-refractivity contribution in [3.63, 3.8) is 0 Å². The molecule has 2 aliphatic heterocycles. The van der Waals surface area contributed by atoms with Crippen molar-refractivity contribution in [1.82, 2.24) is 10.0 Å². The van der Waals surface area contributed by atoms with E-state index >= 15 is 0 Å². The third-order valence-electron chi connectivity index (χ3n) is 8.41. The summed E-state index contributed by atoms with van der Waals surface area (Å²) in [5.41, 5.74) is 4.12. The maximum atomic E-state index is 13.2. The minimum absolute atomic E-state index is 0.178. The van der Waals surface area contributed by atoms with E-state index in [1.54, 1.807) is 72.6 Å². The zero-order valence-corrected chi connectivity index (χ0v) is 25.9. The fourth-order valence-electron chi connectivity index (χ4n) is 5.54. The molecule has 2 heterocycles. The van der Waals surface area contributed by atoms with Gasteiger partial charge in [0.25, 0.3) is 23.6 Å². The SMILES string of the molecule is CC1C(=NC(=O)c2ccc(-c3ccc(C(=O)N=C4C(=O)N(c5ccccc5)N(C)C4C)cc3)cc2)C(=O)N(c2ccccc2)N1C. The Morgan fingerprint density at radius 2 is 0.848 bits per heavy atom. The number of benzene rings is 4. The first-order chi connectivity index (χ1) is 22.2. The van der Waals surface area contributed by atoms with Crippen molar-refractivity contribution < 1.29 is 19.2 Å². The highest BCUT2D eigenvalue weighted by Crippen LogP contribution is 2.27. The average Bonchev–Trinajstić information content (AvgIpc) is 3.43. The molecule has 0 spiro atoms. The molecule has 10 heteroatoms. The van der Waals surface area contributed by atoms with E-state index in [2.05, 4.69) is 9.98 Å². The number of carbonyl (C=O) groups is 4. The molecule has 2 aliphatic rings. The van der Waals surface area contributed by atoms with Gasteiger partial charge in [0.05, 0.1) is 23.5 Å². The van der Waals surface area contributed by atoms with E-state index in [1.807, 2.05) is 74.5 Å². The van der Waals surface area contributed by atoms with Crippen LogP contribution in [0.25, 0.3) is 11.1 Å². The molecule has 0 aromatic heterocycles. The predicted octanol–water partition coefficient (Wildman–Crippen LogP) is 5.08. The van der Waals surface area contributed by atoms with Gasteiger partial charge in [-0.25, -0.2) is 30.0 Å². The van der Waals surface area contributed by atoms with Crippen LogP contribution >= 0.6 is 0 Å². The summed E-state index contributed by atoms with van der Waals surface area (Å²) in [6.45, 7) is 3.67. The van der Waals surface area contributed by atoms with Gasteiger partial charge in [0, 0.05) is 25.2 Å². The van der Waals surface area contributed by atoms with Gasteiger partial charge in [-0.1, -0.05) is 60.7 Å². The second-order valence-corrected chi connectivity index (χ2v) is 11.2. The Morgan fingerprint density at radius 3 is 1.17 bits per heavy atom. The molecule has 0 saturated carbocycles. The van der Waals surface area contributed by atoms with E-state index in [4.69, 9.17) is 0 Å². The summed E-state index contributed by atoms with van der Waals surface area (Å²) in [5.74, 6) is -1.67. The van der Waals surface area contributed by atoms with Crippen LogP contribution in [-0.4, -0.2) is 71.2 Å². The fraction of sp³-hybridized carbons (Fsp3) is 0.167. The molecule has 6 rings (SSSR count). The van der Waals surface area contributed by atoms with Gasteiger partial charge in [0.2, 0.25) is 0 Å². The highest BCUT2D eigenvalue weighted by atomic mass is 16.2. The van der Waals surface area contributed by atoms with Gasteiger partial charge in [0.15, 0.2) is 0 Å². The highest BCUT2D eigenvalue weighted by Gasteiger charge is 2.41. The summed E-state index contributed by atoms with van der Waals surface area (Å²) >= 11 is 0. The normalized spacial score (nSPS) is 20.7. The molecule has 4 aromatic rings. The first-order valence-electron chi connectivity index (χ1n) is 14.9. The van der Waals surface area contributed by atoms with Gasteiger partial charge in [-0.2, -0.15) is 0 Å². The summed E-state index contributed by atoms with van der Waals surface area (Å²) < 4.78 is 0. The molecule has 46 heavy (non-hydrogen) atoms. The highest BCUT2D eigenvalue weighted by molar-refractivity contribution is 6.49. The van der Waals surface area contributed by atoms with E-state index < -0.39 is 11.8 Å². The van der Waals surface area contributed by atoms with Crippen LogP contribution in [0.4, 0.5) is 11.4 Å². The molecule has 2 unspecified atom stereocenters. The fourth-order valence-corrected chi connectivity index (χ4v) is 5.54. The second kappa shape index (κ2) is 12.4. The number of rotatable bonds is 5. The van der Waals surface area contributed by atoms with Gasteiger partial charge in [0.1, 0.15) is 11.4 Å². The van der Waals surface area contributed by atoms with Crippen molar-refractivity contribution in [3.05, 3.63) is 120 Å². The summed E-state index contributed by atoms with van der Waals surface area (Å²) in [6, 6.07) is 31.5. The molecule has 2 atom stereocenters. The molecule has 2 fully saturated rings. The number of para-hydroxylation sites is 2. The lowest BCUT2D eigenvalue weighted by Gasteiger charge is -2.25. The lowest BCUT2D eigenvalue weighted by atomic mass is 10.0. The van der Waals surface area contributed by atoms with Crippen molar-refractivity contribution in [3.8, 4) is 11.1 Å². The Hall–Kier alpha value is -5.58. The molecule has 230 valence electrons. The van der Waals surface area contributed by atoms with Crippen molar-refractivity contribution in [1.29, 1.82) is 0 Å². The van der Waals surface area contributed by atoms with Gasteiger partial charge in [-0.3, -0.25) is 19.2 Å². The molecule has 10 nitrogen and oxygen atoms in total. The van der Waals surface area contributed by atoms with Gasteiger partial charge in [-0.15, -0.1) is 0 Å². The van der Waals surface area contributed by atoms with Crippen LogP contribution in [0.3, 0.4) is 0 Å². The number of anilines is 2. The first kappa shape index (κ1) is 30.4. The molecule has 0 aliphatic carbocycles. The minimum atomic E-state index is -0.503. The van der Waals surface area contributed by atoms with Gasteiger partial charge in [-0.05, 0) is 73.5 Å². The molecule has 0 bridgehead atoms. The zero-order chi connectivity index (χ0) is 32.5. The molecule has 4 aromatic carbocycles. The quantitative estimate of drug-likeness (QED) is 0.311. The van der Waals surface area contributed by atoms with Crippen LogP contribution < -0.4 is 10.0 Å². The summed E-state index contributed by atoms with van der Waals surface area (Å²) in [7, 11) is 3.58. The van der Waals surface area contributed by atoms with E-state index in [9.17, 15) is 19.2 Å². The largest absolute Gasteiger partial charge is 0.289 e. The smallest absolute Gasteiger partial charge is 0.267 e. The number of hydrogen-bond donors (Lipinski definition) is 0. The molecule has 2 saturated heterocycles.